The molecule has 0 aliphatic carbocycles. The SMILES string of the molecule is C[C@H](CC(=O)O)n1ccnc1. The van der Waals surface area contributed by atoms with Crippen molar-refractivity contribution in [3.05, 3.63) is 18.7 Å². The van der Waals surface area contributed by atoms with Gasteiger partial charge in [0.05, 0.1) is 12.7 Å². The summed E-state index contributed by atoms with van der Waals surface area (Å²) < 4.78 is 1.77. The average molecular weight is 154 g/mol. The molecule has 0 saturated carbocycles. The molecule has 0 amide bonds. The molecule has 4 nitrogen and oxygen atoms in total. The Balaban J connectivity index is 2.56. The van der Waals surface area contributed by atoms with Crippen LogP contribution in [0.25, 0.3) is 0 Å². The van der Waals surface area contributed by atoms with Gasteiger partial charge in [0.15, 0.2) is 0 Å². The average Bonchev–Trinajstić information content (AvgIpc) is 2.35. The highest BCUT2D eigenvalue weighted by atomic mass is 16.4. The van der Waals surface area contributed by atoms with Crippen molar-refractivity contribution in [1.82, 2.24) is 9.55 Å². The summed E-state index contributed by atoms with van der Waals surface area (Å²) in [7, 11) is 0. The van der Waals surface area contributed by atoms with E-state index in [1.807, 2.05) is 6.92 Å². The van der Waals surface area contributed by atoms with Crippen LogP contribution in [-0.4, -0.2) is 20.6 Å². The number of nitrogens with zero attached hydrogens (tertiary/aromatic N) is 2. The first-order valence-corrected chi connectivity index (χ1v) is 3.39. The van der Waals surface area contributed by atoms with Crippen LogP contribution in [0.15, 0.2) is 18.7 Å². The smallest absolute Gasteiger partial charge is 0.305 e. The highest BCUT2D eigenvalue weighted by Gasteiger charge is 2.07. The topological polar surface area (TPSA) is 55.1 Å². The van der Waals surface area contributed by atoms with Gasteiger partial charge in [-0.3, -0.25) is 4.79 Å². The molecule has 4 heteroatoms. The van der Waals surface area contributed by atoms with Gasteiger partial charge in [0.25, 0.3) is 0 Å². The third-order valence-corrected chi connectivity index (χ3v) is 1.50. The van der Waals surface area contributed by atoms with Crippen molar-refractivity contribution in [2.24, 2.45) is 0 Å². The molecular formula is C7H10N2O2. The lowest BCUT2D eigenvalue weighted by Crippen LogP contribution is -2.08. The van der Waals surface area contributed by atoms with Gasteiger partial charge in [-0.1, -0.05) is 0 Å². The van der Waals surface area contributed by atoms with E-state index in [1.165, 1.54) is 0 Å². The van der Waals surface area contributed by atoms with E-state index in [-0.39, 0.29) is 12.5 Å². The third-order valence-electron chi connectivity index (χ3n) is 1.50. The van der Waals surface area contributed by atoms with Crippen LogP contribution < -0.4 is 0 Å². The second kappa shape index (κ2) is 3.18. The quantitative estimate of drug-likeness (QED) is 0.704. The zero-order chi connectivity index (χ0) is 8.27. The van der Waals surface area contributed by atoms with Crippen molar-refractivity contribution in [2.75, 3.05) is 0 Å². The van der Waals surface area contributed by atoms with Gasteiger partial charge in [0.1, 0.15) is 0 Å². The van der Waals surface area contributed by atoms with E-state index in [1.54, 1.807) is 23.3 Å². The van der Waals surface area contributed by atoms with Crippen molar-refractivity contribution < 1.29 is 9.90 Å². The Hall–Kier alpha value is -1.32. The summed E-state index contributed by atoms with van der Waals surface area (Å²) >= 11 is 0. The first-order valence-electron chi connectivity index (χ1n) is 3.39. The first-order chi connectivity index (χ1) is 5.20. The van der Waals surface area contributed by atoms with Crippen LogP contribution in [0.5, 0.6) is 0 Å². The molecule has 0 saturated heterocycles. The van der Waals surface area contributed by atoms with E-state index in [4.69, 9.17) is 5.11 Å². The summed E-state index contributed by atoms with van der Waals surface area (Å²) in [6, 6.07) is -0.0185. The zero-order valence-electron chi connectivity index (χ0n) is 6.27. The van der Waals surface area contributed by atoms with E-state index in [0.29, 0.717) is 0 Å². The molecular weight excluding hydrogens is 144 g/mol. The van der Waals surface area contributed by atoms with Crippen molar-refractivity contribution in [3.63, 3.8) is 0 Å². The minimum Gasteiger partial charge on any atom is -0.481 e. The molecule has 0 unspecified atom stereocenters. The molecule has 0 spiro atoms. The van der Waals surface area contributed by atoms with Crippen molar-refractivity contribution in [3.8, 4) is 0 Å². The van der Waals surface area contributed by atoms with Crippen LogP contribution in [-0.2, 0) is 4.79 Å². The normalized spacial score (nSPS) is 12.8. The maximum atomic E-state index is 10.3. The van der Waals surface area contributed by atoms with E-state index in [9.17, 15) is 4.79 Å². The molecule has 11 heavy (non-hydrogen) atoms. The summed E-state index contributed by atoms with van der Waals surface area (Å²) in [5.74, 6) is -0.786. The van der Waals surface area contributed by atoms with Crippen molar-refractivity contribution in [1.29, 1.82) is 0 Å². The number of carboxylic acids is 1. The second-order valence-electron chi connectivity index (χ2n) is 2.46. The molecule has 1 aromatic rings. The molecule has 1 N–H and O–H groups in total. The van der Waals surface area contributed by atoms with Crippen LogP contribution in [0.4, 0.5) is 0 Å². The summed E-state index contributed by atoms with van der Waals surface area (Å²) in [5, 5.41) is 8.45. The lowest BCUT2D eigenvalue weighted by molar-refractivity contribution is -0.137. The number of hydrogen-bond donors (Lipinski definition) is 1. The molecule has 0 aromatic carbocycles. The number of rotatable bonds is 3. The number of imidazole rings is 1. The summed E-state index contributed by atoms with van der Waals surface area (Å²) in [5.41, 5.74) is 0. The van der Waals surface area contributed by atoms with Gasteiger partial charge < -0.3 is 9.67 Å². The molecule has 0 radical (unpaired) electrons. The minimum absolute atomic E-state index is 0.0185. The van der Waals surface area contributed by atoms with Crippen LogP contribution in [0.3, 0.4) is 0 Å². The number of aromatic nitrogens is 2. The molecule has 0 aliphatic rings. The third kappa shape index (κ3) is 2.07. The van der Waals surface area contributed by atoms with Gasteiger partial charge >= 0.3 is 5.97 Å². The molecule has 1 rings (SSSR count). The van der Waals surface area contributed by atoms with Crippen LogP contribution in [0.2, 0.25) is 0 Å². The molecule has 1 aromatic heterocycles. The Morgan fingerprint density at radius 2 is 2.55 bits per heavy atom. The number of aliphatic carboxylic acids is 1. The second-order valence-corrected chi connectivity index (χ2v) is 2.46. The maximum absolute atomic E-state index is 10.3. The van der Waals surface area contributed by atoms with Gasteiger partial charge in [-0.15, -0.1) is 0 Å². The fraction of sp³-hybridized carbons (Fsp3) is 0.429. The van der Waals surface area contributed by atoms with Crippen LogP contribution in [0.1, 0.15) is 19.4 Å². The fourth-order valence-corrected chi connectivity index (χ4v) is 0.888. The highest BCUT2D eigenvalue weighted by molar-refractivity contribution is 5.67. The van der Waals surface area contributed by atoms with Gasteiger partial charge in [0, 0.05) is 18.4 Å². The number of hydrogen-bond acceptors (Lipinski definition) is 2. The standard InChI is InChI=1S/C7H10N2O2/c1-6(4-7(10)11)9-3-2-8-5-9/h2-3,5-6H,4H2,1H3,(H,10,11)/t6-/m1/s1. The van der Waals surface area contributed by atoms with Crippen molar-refractivity contribution in [2.45, 2.75) is 19.4 Å². The Morgan fingerprint density at radius 3 is 3.00 bits per heavy atom. The van der Waals surface area contributed by atoms with Crippen molar-refractivity contribution >= 4 is 5.97 Å². The predicted molar refractivity (Wildman–Crippen MR) is 39.2 cm³/mol. The predicted octanol–water partition coefficient (Wildman–Crippen LogP) is 0.919. The molecule has 1 heterocycles. The monoisotopic (exact) mass is 154 g/mol. The van der Waals surface area contributed by atoms with Crippen LogP contribution >= 0.6 is 0 Å². The molecule has 60 valence electrons. The number of carboxylic acid groups (broad SMARTS) is 1. The van der Waals surface area contributed by atoms with E-state index in [2.05, 4.69) is 4.98 Å². The Labute approximate surface area is 64.5 Å². The van der Waals surface area contributed by atoms with E-state index in [0.717, 1.165) is 0 Å². The van der Waals surface area contributed by atoms with Crippen LogP contribution in [0, 0.1) is 0 Å². The largest absolute Gasteiger partial charge is 0.481 e. The molecule has 1 atom stereocenters. The lowest BCUT2D eigenvalue weighted by atomic mass is 10.2. The molecule has 0 bridgehead atoms. The fourth-order valence-electron chi connectivity index (χ4n) is 0.888. The van der Waals surface area contributed by atoms with E-state index < -0.39 is 5.97 Å². The zero-order valence-corrected chi connectivity index (χ0v) is 6.27. The highest BCUT2D eigenvalue weighted by Crippen LogP contribution is 2.08. The van der Waals surface area contributed by atoms with E-state index >= 15 is 0 Å². The first kappa shape index (κ1) is 7.78. The maximum Gasteiger partial charge on any atom is 0.305 e. The Kier molecular flexibility index (Phi) is 2.25. The Morgan fingerprint density at radius 1 is 1.82 bits per heavy atom. The lowest BCUT2D eigenvalue weighted by Gasteiger charge is -2.08. The minimum atomic E-state index is -0.786. The summed E-state index contributed by atoms with van der Waals surface area (Å²) in [6.07, 6.45) is 5.15. The van der Waals surface area contributed by atoms with Gasteiger partial charge in [0.2, 0.25) is 0 Å². The Bertz CT molecular complexity index is 231. The van der Waals surface area contributed by atoms with Gasteiger partial charge in [-0.2, -0.15) is 0 Å². The number of carbonyl (C=O) groups is 1. The summed E-state index contributed by atoms with van der Waals surface area (Å²) in [6.45, 7) is 1.84. The van der Waals surface area contributed by atoms with Gasteiger partial charge in [-0.05, 0) is 6.92 Å². The molecule has 0 fully saturated rings. The molecule has 0 aliphatic heterocycles. The summed E-state index contributed by atoms with van der Waals surface area (Å²) in [4.78, 5) is 14.1. The van der Waals surface area contributed by atoms with Gasteiger partial charge in [-0.25, -0.2) is 4.98 Å².